The molecule has 1 saturated heterocycles. The van der Waals surface area contributed by atoms with Crippen LogP contribution in [0.2, 0.25) is 0 Å². The van der Waals surface area contributed by atoms with Crippen LogP contribution >= 0.6 is 11.8 Å². The van der Waals surface area contributed by atoms with E-state index < -0.39 is 11.4 Å². The molecule has 0 radical (unpaired) electrons. The maximum Gasteiger partial charge on any atom is 0.333 e. The van der Waals surface area contributed by atoms with Crippen LogP contribution in [0, 0.1) is 18.7 Å². The lowest BCUT2D eigenvalue weighted by molar-refractivity contribution is -0.120. The second-order valence-corrected chi connectivity index (χ2v) is 11.3. The van der Waals surface area contributed by atoms with E-state index in [4.69, 9.17) is 0 Å². The third kappa shape index (κ3) is 5.19. The Balaban J connectivity index is 1.32. The van der Waals surface area contributed by atoms with Crippen molar-refractivity contribution in [3.8, 4) is 0 Å². The predicted molar refractivity (Wildman–Crippen MR) is 138 cm³/mol. The number of ketones is 1. The monoisotopic (exact) mass is 513 g/mol. The number of aryl methyl sites for hydroxylation is 2. The highest BCUT2D eigenvalue weighted by atomic mass is 32.2. The number of halogens is 1. The van der Waals surface area contributed by atoms with Gasteiger partial charge in [-0.05, 0) is 75.0 Å². The van der Waals surface area contributed by atoms with Gasteiger partial charge in [-0.3, -0.25) is 23.4 Å². The molecule has 8 nitrogen and oxygen atoms in total. The van der Waals surface area contributed by atoms with Gasteiger partial charge in [0, 0.05) is 37.7 Å². The van der Waals surface area contributed by atoms with Crippen molar-refractivity contribution in [2.75, 3.05) is 11.5 Å². The normalized spacial score (nSPS) is 21.2. The fourth-order valence-electron chi connectivity index (χ4n) is 5.66. The Hall–Kier alpha value is -2.75. The Bertz CT molecular complexity index is 1370. The van der Waals surface area contributed by atoms with Crippen molar-refractivity contribution in [3.63, 3.8) is 0 Å². The highest BCUT2D eigenvalue weighted by molar-refractivity contribution is 7.99. The third-order valence-corrected chi connectivity index (χ3v) is 8.62. The fourth-order valence-corrected chi connectivity index (χ4v) is 6.74. The highest BCUT2D eigenvalue weighted by Crippen LogP contribution is 2.34. The molecular formula is C26H32FN5O3S. The van der Waals surface area contributed by atoms with Gasteiger partial charge in [-0.25, -0.2) is 14.2 Å². The molecule has 5 rings (SSSR count). The van der Waals surface area contributed by atoms with Crippen LogP contribution in [0.3, 0.4) is 0 Å². The zero-order valence-electron chi connectivity index (χ0n) is 20.6. The molecule has 2 aliphatic rings. The molecule has 36 heavy (non-hydrogen) atoms. The minimum atomic E-state index is -0.581. The van der Waals surface area contributed by atoms with E-state index in [0.717, 1.165) is 49.1 Å². The second kappa shape index (κ2) is 10.7. The maximum atomic E-state index is 14.1. The quantitative estimate of drug-likeness (QED) is 0.473. The Labute approximate surface area is 212 Å². The van der Waals surface area contributed by atoms with Crippen LogP contribution in [-0.4, -0.2) is 41.2 Å². The number of carbonyl (C=O) groups excluding carboxylic acids is 1. The lowest BCUT2D eigenvalue weighted by Gasteiger charge is -2.31. The first-order valence-corrected chi connectivity index (χ1v) is 14.0. The van der Waals surface area contributed by atoms with Crippen molar-refractivity contribution in [2.24, 2.45) is 5.92 Å². The van der Waals surface area contributed by atoms with E-state index in [2.05, 4.69) is 10.1 Å². The van der Waals surface area contributed by atoms with Gasteiger partial charge in [0.2, 0.25) is 0 Å². The van der Waals surface area contributed by atoms with Crippen LogP contribution in [-0.2, 0) is 11.3 Å². The van der Waals surface area contributed by atoms with E-state index in [1.807, 2.05) is 30.9 Å². The minimum absolute atomic E-state index is 0.0430. The number of rotatable bonds is 7. The smallest absolute Gasteiger partial charge is 0.300 e. The molecule has 1 aliphatic carbocycles. The van der Waals surface area contributed by atoms with E-state index in [1.165, 1.54) is 10.6 Å². The van der Waals surface area contributed by atoms with Crippen LogP contribution in [0.25, 0.3) is 11.0 Å². The Kier molecular flexibility index (Phi) is 7.41. The molecule has 4 heterocycles. The molecule has 1 aliphatic heterocycles. The van der Waals surface area contributed by atoms with Crippen molar-refractivity contribution < 1.29 is 9.18 Å². The Morgan fingerprint density at radius 2 is 1.81 bits per heavy atom. The summed E-state index contributed by atoms with van der Waals surface area (Å²) in [7, 11) is 0. The molecule has 0 N–H and O–H groups in total. The fraction of sp³-hybridized carbons (Fsp3) is 0.577. The van der Waals surface area contributed by atoms with Crippen LogP contribution in [0.15, 0.2) is 34.1 Å². The molecule has 0 atom stereocenters. The van der Waals surface area contributed by atoms with Crippen molar-refractivity contribution in [3.05, 3.63) is 56.9 Å². The summed E-state index contributed by atoms with van der Waals surface area (Å²) in [5.41, 5.74) is 0.422. The zero-order chi connectivity index (χ0) is 25.2. The van der Waals surface area contributed by atoms with Gasteiger partial charge < -0.3 is 0 Å². The molecule has 0 spiro atoms. The average molecular weight is 514 g/mol. The summed E-state index contributed by atoms with van der Waals surface area (Å²) >= 11 is 1.85. The predicted octanol–water partition coefficient (Wildman–Crippen LogP) is 4.05. The number of fused-ring (bicyclic) bond motifs is 1. The lowest BCUT2D eigenvalue weighted by atomic mass is 9.82. The summed E-state index contributed by atoms with van der Waals surface area (Å²) in [5.74, 6) is 1.77. The summed E-state index contributed by atoms with van der Waals surface area (Å²) < 4.78 is 18.9. The molecule has 1 saturated carbocycles. The molecule has 10 heteroatoms. The molecule has 0 amide bonds. The summed E-state index contributed by atoms with van der Waals surface area (Å²) in [6.45, 7) is 2.51. The maximum absolute atomic E-state index is 14.1. The summed E-state index contributed by atoms with van der Waals surface area (Å²) in [5, 5.41) is 4.49. The van der Waals surface area contributed by atoms with Crippen LogP contribution in [0.5, 0.6) is 0 Å². The van der Waals surface area contributed by atoms with Gasteiger partial charge in [-0.1, -0.05) is 0 Å². The van der Waals surface area contributed by atoms with E-state index in [-0.39, 0.29) is 40.5 Å². The van der Waals surface area contributed by atoms with Gasteiger partial charge in [-0.2, -0.15) is 16.9 Å². The zero-order valence-corrected chi connectivity index (χ0v) is 21.4. The first kappa shape index (κ1) is 24.9. The molecule has 0 aromatic carbocycles. The van der Waals surface area contributed by atoms with Crippen LogP contribution < -0.4 is 11.2 Å². The Morgan fingerprint density at radius 1 is 1.08 bits per heavy atom. The number of carbonyl (C=O) groups is 1. The van der Waals surface area contributed by atoms with Crippen LogP contribution in [0.1, 0.15) is 69.1 Å². The number of hydrogen-bond acceptors (Lipinski definition) is 6. The largest absolute Gasteiger partial charge is 0.333 e. The molecular weight excluding hydrogens is 481 g/mol. The molecule has 3 aromatic rings. The van der Waals surface area contributed by atoms with E-state index in [1.54, 1.807) is 9.25 Å². The number of thioether (sulfide) groups is 1. The highest BCUT2D eigenvalue weighted by Gasteiger charge is 2.29. The van der Waals surface area contributed by atoms with E-state index in [9.17, 15) is 18.8 Å². The number of hydrogen-bond donors (Lipinski definition) is 0. The van der Waals surface area contributed by atoms with Gasteiger partial charge in [0.05, 0.1) is 17.3 Å². The Morgan fingerprint density at radius 3 is 2.50 bits per heavy atom. The van der Waals surface area contributed by atoms with Gasteiger partial charge in [0.1, 0.15) is 17.2 Å². The van der Waals surface area contributed by atoms with E-state index >= 15 is 0 Å². The number of pyridine rings is 1. The SMILES string of the molecule is Cc1ccn(CCC(=O)CC2CCC(n3c(=O)c4cc(F)cnc4n(C4CCSCC4)c3=O)CC2)n1. The first-order chi connectivity index (χ1) is 17.4. The van der Waals surface area contributed by atoms with Crippen molar-refractivity contribution in [1.29, 1.82) is 0 Å². The minimum Gasteiger partial charge on any atom is -0.300 e. The van der Waals surface area contributed by atoms with Gasteiger partial charge in [-0.15, -0.1) is 0 Å². The van der Waals surface area contributed by atoms with Crippen molar-refractivity contribution in [1.82, 2.24) is 23.9 Å². The molecule has 192 valence electrons. The molecule has 0 unspecified atom stereocenters. The number of nitrogens with zero attached hydrogens (tertiary/aromatic N) is 5. The topological polar surface area (TPSA) is 91.8 Å². The summed E-state index contributed by atoms with van der Waals surface area (Å²) in [6, 6.07) is 2.84. The molecule has 2 fully saturated rings. The number of Topliss-reactive ketones (excluding diaryl/α,β-unsaturated/α-hetero) is 1. The van der Waals surface area contributed by atoms with Gasteiger partial charge >= 0.3 is 5.69 Å². The lowest BCUT2D eigenvalue weighted by Crippen LogP contribution is -2.45. The molecule has 0 bridgehead atoms. The van der Waals surface area contributed by atoms with Gasteiger partial charge in [0.25, 0.3) is 5.56 Å². The van der Waals surface area contributed by atoms with Crippen LogP contribution in [0.4, 0.5) is 4.39 Å². The average Bonchev–Trinajstić information content (AvgIpc) is 3.30. The third-order valence-electron chi connectivity index (χ3n) is 7.57. The standard InChI is InChI=1S/C26H32FN5O3S/c1-17-6-10-30(29-17)11-7-22(33)14-18-2-4-20(5-3-18)32-25(34)23-15-19(27)16-28-24(23)31(26(32)35)21-8-12-36-13-9-21/h6,10,15-16,18,20-21H,2-5,7-9,11-14H2,1H3. The number of aromatic nitrogens is 5. The first-order valence-electron chi connectivity index (χ1n) is 12.8. The summed E-state index contributed by atoms with van der Waals surface area (Å²) in [4.78, 5) is 43.8. The van der Waals surface area contributed by atoms with E-state index in [0.29, 0.717) is 32.2 Å². The molecule has 3 aromatic heterocycles. The van der Waals surface area contributed by atoms with Gasteiger partial charge in [0.15, 0.2) is 0 Å². The van der Waals surface area contributed by atoms with Crippen molar-refractivity contribution in [2.45, 2.75) is 76.9 Å². The second-order valence-electron chi connectivity index (χ2n) is 10.1. The summed E-state index contributed by atoms with van der Waals surface area (Å²) in [6.07, 6.45) is 8.44. The van der Waals surface area contributed by atoms with Crippen molar-refractivity contribution >= 4 is 28.6 Å².